The molecule has 3 aromatic carbocycles. The lowest BCUT2D eigenvalue weighted by molar-refractivity contribution is -0.137. The summed E-state index contributed by atoms with van der Waals surface area (Å²) in [5.74, 6) is -2.24. The molecule has 3 amide bonds. The van der Waals surface area contributed by atoms with Crippen molar-refractivity contribution in [3.05, 3.63) is 95.6 Å². The quantitative estimate of drug-likeness (QED) is 0.358. The molecular weight excluding hydrogens is 575 g/mol. The van der Waals surface area contributed by atoms with Gasteiger partial charge in [0.1, 0.15) is 6.04 Å². The lowest BCUT2D eigenvalue weighted by atomic mass is 10.0. The summed E-state index contributed by atoms with van der Waals surface area (Å²) in [6, 6.07) is 20.3. The van der Waals surface area contributed by atoms with E-state index in [-0.39, 0.29) is 36.0 Å². The molecule has 1 aromatic heterocycles. The van der Waals surface area contributed by atoms with E-state index in [1.54, 1.807) is 60.8 Å². The largest absolute Gasteiger partial charge is 0.370 e. The summed E-state index contributed by atoms with van der Waals surface area (Å²) >= 11 is 6.02. The molecule has 0 spiro atoms. The Balaban J connectivity index is 0.00000370. The molecule has 1 saturated heterocycles. The molecule has 1 aliphatic rings. The number of nitrogens with two attached hydrogens (primary N) is 1. The zero-order valence-corrected chi connectivity index (χ0v) is 23.3. The highest BCUT2D eigenvalue weighted by Gasteiger charge is 2.43. The topological polar surface area (TPSA) is 131 Å². The van der Waals surface area contributed by atoms with Gasteiger partial charge in [0.25, 0.3) is 21.8 Å². The van der Waals surface area contributed by atoms with E-state index >= 15 is 0 Å². The van der Waals surface area contributed by atoms with Crippen molar-refractivity contribution in [2.75, 3.05) is 13.1 Å². The minimum absolute atomic E-state index is 0. The van der Waals surface area contributed by atoms with Gasteiger partial charge in [-0.2, -0.15) is 0 Å². The number of aromatic nitrogens is 1. The number of amides is 3. The number of nitrogens with zero attached hydrogens (tertiary/aromatic N) is 3. The predicted octanol–water partition coefficient (Wildman–Crippen LogP) is 3.89. The summed E-state index contributed by atoms with van der Waals surface area (Å²) in [5, 5.41) is 1.88. The molecule has 0 radical (unpaired) electrons. The summed E-state index contributed by atoms with van der Waals surface area (Å²) in [6.07, 6.45) is 1.15. The van der Waals surface area contributed by atoms with Gasteiger partial charge >= 0.3 is 0 Å². The molecule has 2 N–H and O–H groups in total. The monoisotopic (exact) mass is 598 g/mol. The molecule has 206 valence electrons. The Labute approximate surface area is 242 Å². The number of fused-ring (bicyclic) bond motifs is 1. The molecule has 4 aromatic rings. The highest BCUT2D eigenvalue weighted by molar-refractivity contribution is 7.89. The molecule has 0 saturated carbocycles. The van der Waals surface area contributed by atoms with Crippen LogP contribution in [0.1, 0.15) is 16.8 Å². The van der Waals surface area contributed by atoms with Crippen LogP contribution in [0, 0.1) is 0 Å². The van der Waals surface area contributed by atoms with Crippen LogP contribution in [0.4, 0.5) is 0 Å². The van der Waals surface area contributed by atoms with Crippen molar-refractivity contribution in [2.45, 2.75) is 17.4 Å². The van der Waals surface area contributed by atoms with Crippen molar-refractivity contribution in [2.24, 2.45) is 5.73 Å². The van der Waals surface area contributed by atoms with Gasteiger partial charge < -0.3 is 10.6 Å². The number of pyridine rings is 1. The molecule has 9 nitrogen and oxygen atoms in total. The SMILES string of the molecule is Cl.NC(=O)CC1C(=O)N(S(=O)(=O)c2ccc3cc(Cl)ccc3c2)CCN1C(=O)c1ccc(-c2ccccn2)cc1. The van der Waals surface area contributed by atoms with Crippen molar-refractivity contribution < 1.29 is 22.8 Å². The smallest absolute Gasteiger partial charge is 0.266 e. The third kappa shape index (κ3) is 5.65. The van der Waals surface area contributed by atoms with Crippen molar-refractivity contribution >= 4 is 62.5 Å². The molecule has 0 aliphatic carbocycles. The second-order valence-corrected chi connectivity index (χ2v) is 11.3. The summed E-state index contributed by atoms with van der Waals surface area (Å²) in [7, 11) is -4.28. The summed E-state index contributed by atoms with van der Waals surface area (Å²) in [5.41, 5.74) is 7.20. The number of hydrogen-bond donors (Lipinski definition) is 1. The van der Waals surface area contributed by atoms with E-state index in [0.717, 1.165) is 16.6 Å². The Kier molecular flexibility index (Phi) is 8.43. The lowest BCUT2D eigenvalue weighted by Gasteiger charge is -2.39. The van der Waals surface area contributed by atoms with E-state index in [1.807, 2.05) is 12.1 Å². The van der Waals surface area contributed by atoms with Crippen molar-refractivity contribution in [3.63, 3.8) is 0 Å². The highest BCUT2D eigenvalue weighted by atomic mass is 35.5. The molecule has 1 fully saturated rings. The fourth-order valence-corrected chi connectivity index (χ4v) is 6.23. The molecular formula is C28H24Cl2N4O5S. The third-order valence-electron chi connectivity index (χ3n) is 6.56. The maximum atomic E-state index is 13.5. The van der Waals surface area contributed by atoms with Gasteiger partial charge in [0.2, 0.25) is 5.91 Å². The lowest BCUT2D eigenvalue weighted by Crippen LogP contribution is -2.60. The van der Waals surface area contributed by atoms with Crippen LogP contribution in [0.5, 0.6) is 0 Å². The van der Waals surface area contributed by atoms with Gasteiger partial charge in [-0.05, 0) is 59.3 Å². The van der Waals surface area contributed by atoms with Gasteiger partial charge in [-0.3, -0.25) is 19.4 Å². The molecule has 2 heterocycles. The summed E-state index contributed by atoms with van der Waals surface area (Å²) < 4.78 is 27.7. The second-order valence-electron chi connectivity index (χ2n) is 9.05. The first-order valence-corrected chi connectivity index (χ1v) is 13.8. The number of rotatable bonds is 6. The predicted molar refractivity (Wildman–Crippen MR) is 153 cm³/mol. The Morgan fingerprint density at radius 3 is 2.33 bits per heavy atom. The molecule has 0 bridgehead atoms. The van der Waals surface area contributed by atoms with E-state index in [4.69, 9.17) is 17.3 Å². The normalized spacial score (nSPS) is 15.5. The average Bonchev–Trinajstić information content (AvgIpc) is 2.93. The molecule has 1 aliphatic heterocycles. The zero-order chi connectivity index (χ0) is 27.7. The highest BCUT2D eigenvalue weighted by Crippen LogP contribution is 2.28. The van der Waals surface area contributed by atoms with Crippen molar-refractivity contribution in [1.29, 1.82) is 0 Å². The van der Waals surface area contributed by atoms with Gasteiger partial charge in [-0.15, -0.1) is 12.4 Å². The summed E-state index contributed by atoms with van der Waals surface area (Å²) in [6.45, 7) is -0.375. The minimum atomic E-state index is -4.28. The fourth-order valence-electron chi connectivity index (χ4n) is 4.60. The van der Waals surface area contributed by atoms with Crippen LogP contribution in [-0.4, -0.2) is 59.5 Å². The molecule has 12 heteroatoms. The van der Waals surface area contributed by atoms with Crippen molar-refractivity contribution in [3.8, 4) is 11.3 Å². The molecule has 1 atom stereocenters. The van der Waals surface area contributed by atoms with Crippen LogP contribution in [0.25, 0.3) is 22.0 Å². The van der Waals surface area contributed by atoms with E-state index in [2.05, 4.69) is 4.98 Å². The number of piperazine rings is 1. The first kappa shape index (κ1) is 29.0. The zero-order valence-electron chi connectivity index (χ0n) is 20.9. The van der Waals surface area contributed by atoms with Gasteiger partial charge in [-0.25, -0.2) is 12.7 Å². The maximum Gasteiger partial charge on any atom is 0.266 e. The van der Waals surface area contributed by atoms with Crippen LogP contribution in [-0.2, 0) is 19.6 Å². The third-order valence-corrected chi connectivity index (χ3v) is 8.59. The van der Waals surface area contributed by atoms with Crippen LogP contribution in [0.3, 0.4) is 0 Å². The van der Waals surface area contributed by atoms with Gasteiger partial charge in [0.05, 0.1) is 23.6 Å². The molecule has 5 rings (SSSR count). The van der Waals surface area contributed by atoms with Gasteiger partial charge in [0, 0.05) is 28.9 Å². The van der Waals surface area contributed by atoms with Crippen LogP contribution >= 0.6 is 24.0 Å². The standard InChI is InChI=1S/C28H23ClN4O5S.ClH/c29-22-10-8-21-16-23(11-9-20(21)15-22)39(37,38)33-14-13-32(25(28(33)36)17-26(30)34)27(35)19-6-4-18(5-7-19)24-3-1-2-12-31-24;/h1-12,15-16,25H,13-14,17H2,(H2,30,34);1H. The first-order chi connectivity index (χ1) is 18.6. The average molecular weight is 599 g/mol. The Morgan fingerprint density at radius 1 is 0.950 bits per heavy atom. The Hall–Kier alpha value is -3.99. The van der Waals surface area contributed by atoms with Crippen LogP contribution in [0.15, 0.2) is 90.0 Å². The second kappa shape index (κ2) is 11.6. The number of halogens is 2. The number of carbonyl (C=O) groups excluding carboxylic acids is 3. The van der Waals surface area contributed by atoms with E-state index in [1.165, 1.54) is 17.0 Å². The summed E-state index contributed by atoms with van der Waals surface area (Å²) in [4.78, 5) is 44.2. The molecule has 40 heavy (non-hydrogen) atoms. The number of hydrogen-bond acceptors (Lipinski definition) is 6. The number of carbonyl (C=O) groups is 3. The van der Waals surface area contributed by atoms with Gasteiger partial charge in [0.15, 0.2) is 0 Å². The van der Waals surface area contributed by atoms with Crippen LogP contribution < -0.4 is 5.73 Å². The van der Waals surface area contributed by atoms with Crippen LogP contribution in [0.2, 0.25) is 5.02 Å². The minimum Gasteiger partial charge on any atom is -0.370 e. The number of benzene rings is 3. The number of primary amides is 1. The fraction of sp³-hybridized carbons (Fsp3) is 0.143. The maximum absolute atomic E-state index is 13.5. The van der Waals surface area contributed by atoms with Gasteiger partial charge in [-0.1, -0.05) is 41.9 Å². The van der Waals surface area contributed by atoms with E-state index < -0.39 is 40.2 Å². The Bertz CT molecular complexity index is 1700. The van der Waals surface area contributed by atoms with E-state index in [9.17, 15) is 22.8 Å². The molecule has 1 unspecified atom stereocenters. The number of sulfonamides is 1. The first-order valence-electron chi connectivity index (χ1n) is 12.0. The van der Waals surface area contributed by atoms with Crippen molar-refractivity contribution in [1.82, 2.24) is 14.2 Å². The Morgan fingerprint density at radius 2 is 1.65 bits per heavy atom. The van der Waals surface area contributed by atoms with E-state index in [0.29, 0.717) is 14.7 Å².